The van der Waals surface area contributed by atoms with Crippen molar-refractivity contribution >= 4 is 17.8 Å². The van der Waals surface area contributed by atoms with Crippen LogP contribution in [0.15, 0.2) is 35.2 Å². The SMILES string of the molecule is CCSc1cccc(C=CCN)c1. The van der Waals surface area contributed by atoms with Gasteiger partial charge < -0.3 is 5.73 Å². The molecule has 0 bridgehead atoms. The molecule has 2 heteroatoms. The Kier molecular flexibility index (Phi) is 4.65. The zero-order valence-corrected chi connectivity index (χ0v) is 8.68. The van der Waals surface area contributed by atoms with Gasteiger partial charge in [-0.3, -0.25) is 0 Å². The second-order valence-corrected chi connectivity index (χ2v) is 3.98. The quantitative estimate of drug-likeness (QED) is 0.744. The van der Waals surface area contributed by atoms with Crippen molar-refractivity contribution in [2.75, 3.05) is 12.3 Å². The molecule has 13 heavy (non-hydrogen) atoms. The van der Waals surface area contributed by atoms with Crippen LogP contribution in [0.25, 0.3) is 6.08 Å². The largest absolute Gasteiger partial charge is 0.327 e. The normalized spacial score (nSPS) is 10.9. The molecule has 1 aromatic rings. The van der Waals surface area contributed by atoms with Crippen LogP contribution in [0.3, 0.4) is 0 Å². The Morgan fingerprint density at radius 2 is 2.31 bits per heavy atom. The van der Waals surface area contributed by atoms with Crippen LogP contribution in [0.4, 0.5) is 0 Å². The molecule has 0 aliphatic heterocycles. The standard InChI is InChI=1S/C11H15NS/c1-2-13-11-7-3-5-10(9-11)6-4-8-12/h3-7,9H,2,8,12H2,1H3. The van der Waals surface area contributed by atoms with E-state index in [9.17, 15) is 0 Å². The van der Waals surface area contributed by atoms with E-state index in [0.717, 1.165) is 5.75 Å². The molecule has 1 aromatic carbocycles. The van der Waals surface area contributed by atoms with Gasteiger partial charge >= 0.3 is 0 Å². The number of benzene rings is 1. The molecular weight excluding hydrogens is 178 g/mol. The summed E-state index contributed by atoms with van der Waals surface area (Å²) in [5.74, 6) is 1.12. The summed E-state index contributed by atoms with van der Waals surface area (Å²) >= 11 is 1.86. The van der Waals surface area contributed by atoms with Crippen LogP contribution in [0, 0.1) is 0 Å². The highest BCUT2D eigenvalue weighted by Crippen LogP contribution is 2.18. The Hall–Kier alpha value is -0.730. The van der Waals surface area contributed by atoms with Crippen LogP contribution < -0.4 is 5.73 Å². The Morgan fingerprint density at radius 3 is 3.00 bits per heavy atom. The van der Waals surface area contributed by atoms with Gasteiger partial charge in [0.25, 0.3) is 0 Å². The average Bonchev–Trinajstić information content (AvgIpc) is 2.16. The van der Waals surface area contributed by atoms with Crippen molar-refractivity contribution in [2.24, 2.45) is 5.73 Å². The van der Waals surface area contributed by atoms with Gasteiger partial charge in [-0.1, -0.05) is 31.2 Å². The zero-order valence-electron chi connectivity index (χ0n) is 7.86. The summed E-state index contributed by atoms with van der Waals surface area (Å²) < 4.78 is 0. The smallest absolute Gasteiger partial charge is 0.0110 e. The average molecular weight is 193 g/mol. The molecule has 0 unspecified atom stereocenters. The molecule has 0 aliphatic carbocycles. The van der Waals surface area contributed by atoms with Gasteiger partial charge in [0.1, 0.15) is 0 Å². The van der Waals surface area contributed by atoms with E-state index in [2.05, 4.69) is 37.3 Å². The molecule has 0 amide bonds. The molecule has 0 saturated carbocycles. The van der Waals surface area contributed by atoms with Crippen LogP contribution in [-0.4, -0.2) is 12.3 Å². The van der Waals surface area contributed by atoms with Gasteiger partial charge in [0, 0.05) is 11.4 Å². The second kappa shape index (κ2) is 5.84. The van der Waals surface area contributed by atoms with E-state index in [1.54, 1.807) is 0 Å². The monoisotopic (exact) mass is 193 g/mol. The minimum Gasteiger partial charge on any atom is -0.327 e. The van der Waals surface area contributed by atoms with E-state index < -0.39 is 0 Å². The number of hydrogen-bond donors (Lipinski definition) is 1. The first kappa shape index (κ1) is 10.4. The molecule has 1 nitrogen and oxygen atoms in total. The van der Waals surface area contributed by atoms with Gasteiger partial charge in [-0.2, -0.15) is 0 Å². The van der Waals surface area contributed by atoms with Gasteiger partial charge in [-0.05, 0) is 23.4 Å². The Balaban J connectivity index is 2.73. The molecule has 0 aromatic heterocycles. The van der Waals surface area contributed by atoms with Crippen molar-refractivity contribution in [1.29, 1.82) is 0 Å². The highest BCUT2D eigenvalue weighted by Gasteiger charge is 1.91. The molecular formula is C11H15NS. The van der Waals surface area contributed by atoms with Gasteiger partial charge in [0.15, 0.2) is 0 Å². The summed E-state index contributed by atoms with van der Waals surface area (Å²) in [5.41, 5.74) is 6.61. The molecule has 0 aliphatic rings. The summed E-state index contributed by atoms with van der Waals surface area (Å²) in [6.07, 6.45) is 4.02. The van der Waals surface area contributed by atoms with Crippen LogP contribution in [0.2, 0.25) is 0 Å². The fourth-order valence-corrected chi connectivity index (χ4v) is 1.81. The molecule has 1 rings (SSSR count). The number of rotatable bonds is 4. The molecule has 0 radical (unpaired) electrons. The third kappa shape index (κ3) is 3.66. The first-order chi connectivity index (χ1) is 6.36. The van der Waals surface area contributed by atoms with Gasteiger partial charge in [0.05, 0.1) is 0 Å². The topological polar surface area (TPSA) is 26.0 Å². The molecule has 0 fully saturated rings. The maximum absolute atomic E-state index is 5.38. The summed E-state index contributed by atoms with van der Waals surface area (Å²) in [6, 6.07) is 8.48. The molecule has 0 spiro atoms. The Labute approximate surface area is 84.0 Å². The van der Waals surface area contributed by atoms with E-state index in [-0.39, 0.29) is 0 Å². The molecule has 2 N–H and O–H groups in total. The summed E-state index contributed by atoms with van der Waals surface area (Å²) in [4.78, 5) is 1.32. The lowest BCUT2D eigenvalue weighted by Crippen LogP contribution is -1.91. The van der Waals surface area contributed by atoms with Crippen molar-refractivity contribution in [3.63, 3.8) is 0 Å². The molecule has 70 valence electrons. The Morgan fingerprint density at radius 1 is 1.46 bits per heavy atom. The fourth-order valence-electron chi connectivity index (χ4n) is 1.08. The van der Waals surface area contributed by atoms with Crippen LogP contribution >= 0.6 is 11.8 Å². The predicted octanol–water partition coefficient (Wildman–Crippen LogP) is 2.77. The first-order valence-electron chi connectivity index (χ1n) is 4.46. The number of hydrogen-bond acceptors (Lipinski definition) is 2. The van der Waals surface area contributed by atoms with Gasteiger partial charge in [-0.25, -0.2) is 0 Å². The van der Waals surface area contributed by atoms with Crippen LogP contribution in [0.1, 0.15) is 12.5 Å². The second-order valence-electron chi connectivity index (χ2n) is 2.64. The summed E-state index contributed by atoms with van der Waals surface area (Å²) in [5, 5.41) is 0. The lowest BCUT2D eigenvalue weighted by Gasteiger charge is -1.99. The van der Waals surface area contributed by atoms with Crippen molar-refractivity contribution < 1.29 is 0 Å². The first-order valence-corrected chi connectivity index (χ1v) is 5.45. The lowest BCUT2D eigenvalue weighted by atomic mass is 10.2. The third-order valence-electron chi connectivity index (χ3n) is 1.62. The third-order valence-corrected chi connectivity index (χ3v) is 2.49. The highest BCUT2D eigenvalue weighted by atomic mass is 32.2. The van der Waals surface area contributed by atoms with Crippen molar-refractivity contribution in [1.82, 2.24) is 0 Å². The van der Waals surface area contributed by atoms with Crippen LogP contribution in [-0.2, 0) is 0 Å². The van der Waals surface area contributed by atoms with E-state index in [4.69, 9.17) is 5.73 Å². The van der Waals surface area contributed by atoms with E-state index in [1.807, 2.05) is 17.8 Å². The molecule has 0 saturated heterocycles. The van der Waals surface area contributed by atoms with Crippen molar-refractivity contribution in [2.45, 2.75) is 11.8 Å². The van der Waals surface area contributed by atoms with E-state index >= 15 is 0 Å². The van der Waals surface area contributed by atoms with Crippen molar-refractivity contribution in [3.05, 3.63) is 35.9 Å². The number of nitrogens with two attached hydrogens (primary N) is 1. The van der Waals surface area contributed by atoms with E-state index in [1.165, 1.54) is 10.5 Å². The van der Waals surface area contributed by atoms with Crippen molar-refractivity contribution in [3.8, 4) is 0 Å². The predicted molar refractivity (Wildman–Crippen MR) is 60.9 cm³/mol. The maximum atomic E-state index is 5.38. The molecule has 0 heterocycles. The fraction of sp³-hybridized carbons (Fsp3) is 0.273. The summed E-state index contributed by atoms with van der Waals surface area (Å²) in [6.45, 7) is 2.76. The van der Waals surface area contributed by atoms with Gasteiger partial charge in [-0.15, -0.1) is 11.8 Å². The highest BCUT2D eigenvalue weighted by molar-refractivity contribution is 7.99. The minimum absolute atomic E-state index is 0.602. The maximum Gasteiger partial charge on any atom is 0.0110 e. The Bertz CT molecular complexity index is 281. The zero-order chi connectivity index (χ0) is 9.52. The van der Waals surface area contributed by atoms with Crippen LogP contribution in [0.5, 0.6) is 0 Å². The molecule has 0 atom stereocenters. The van der Waals surface area contributed by atoms with Gasteiger partial charge in [0.2, 0.25) is 0 Å². The lowest BCUT2D eigenvalue weighted by molar-refractivity contribution is 1.26. The summed E-state index contributed by atoms with van der Waals surface area (Å²) in [7, 11) is 0. The minimum atomic E-state index is 0.602. The number of thioether (sulfide) groups is 1. The van der Waals surface area contributed by atoms with E-state index in [0.29, 0.717) is 6.54 Å².